The quantitative estimate of drug-likeness (QED) is 0.776. The Bertz CT molecular complexity index is 494. The number of ether oxygens (including phenoxy) is 1. The Hall–Kier alpha value is -1.49. The second-order valence-corrected chi connectivity index (χ2v) is 5.06. The van der Waals surface area contributed by atoms with Gasteiger partial charge in [0.2, 0.25) is 0 Å². The van der Waals surface area contributed by atoms with Gasteiger partial charge in [0, 0.05) is 19.3 Å². The lowest BCUT2D eigenvalue weighted by Gasteiger charge is -2.21. The zero-order valence-corrected chi connectivity index (χ0v) is 11.8. The SMILES string of the molecule is CCOC(=O)CN(C(=O)c1cc(Cl)cn1C)C1CC1. The summed E-state index contributed by atoms with van der Waals surface area (Å²) in [6.07, 6.45) is 3.54. The van der Waals surface area contributed by atoms with E-state index in [4.69, 9.17) is 16.3 Å². The molecule has 6 heteroatoms. The molecule has 104 valence electrons. The van der Waals surface area contributed by atoms with Crippen LogP contribution in [0.15, 0.2) is 12.3 Å². The minimum atomic E-state index is -0.372. The molecule has 1 aliphatic carbocycles. The molecular weight excluding hydrogens is 268 g/mol. The maximum Gasteiger partial charge on any atom is 0.325 e. The molecule has 0 unspecified atom stereocenters. The minimum Gasteiger partial charge on any atom is -0.465 e. The fourth-order valence-electron chi connectivity index (χ4n) is 1.98. The lowest BCUT2D eigenvalue weighted by molar-refractivity contribution is -0.144. The Kier molecular flexibility index (Phi) is 4.14. The van der Waals surface area contributed by atoms with Gasteiger partial charge in [-0.2, -0.15) is 0 Å². The maximum absolute atomic E-state index is 12.4. The molecule has 1 amide bonds. The standard InChI is InChI=1S/C13H17ClN2O3/c1-3-19-12(17)8-16(10-4-5-10)13(18)11-6-9(14)7-15(11)2/h6-7,10H,3-5,8H2,1-2H3. The largest absolute Gasteiger partial charge is 0.465 e. The van der Waals surface area contributed by atoms with Gasteiger partial charge in [-0.15, -0.1) is 0 Å². The number of carbonyl (C=O) groups excluding carboxylic acids is 2. The first-order valence-corrected chi connectivity index (χ1v) is 6.69. The van der Waals surface area contributed by atoms with E-state index in [2.05, 4.69) is 0 Å². The smallest absolute Gasteiger partial charge is 0.325 e. The number of hydrogen-bond acceptors (Lipinski definition) is 3. The minimum absolute atomic E-state index is 0.000138. The van der Waals surface area contributed by atoms with Gasteiger partial charge in [0.15, 0.2) is 0 Å². The third-order valence-corrected chi connectivity index (χ3v) is 3.25. The molecule has 0 bridgehead atoms. The van der Waals surface area contributed by atoms with Crippen LogP contribution in [0.1, 0.15) is 30.3 Å². The van der Waals surface area contributed by atoms with Crippen LogP contribution in [0.25, 0.3) is 0 Å². The van der Waals surface area contributed by atoms with Crippen molar-refractivity contribution in [1.29, 1.82) is 0 Å². The van der Waals surface area contributed by atoms with Crippen molar-refractivity contribution in [2.24, 2.45) is 7.05 Å². The molecule has 1 aromatic rings. The van der Waals surface area contributed by atoms with Crippen molar-refractivity contribution >= 4 is 23.5 Å². The first-order valence-electron chi connectivity index (χ1n) is 6.31. The van der Waals surface area contributed by atoms with Crippen LogP contribution in [0.3, 0.4) is 0 Å². The molecule has 1 fully saturated rings. The van der Waals surface area contributed by atoms with Crippen LogP contribution >= 0.6 is 11.6 Å². The number of nitrogens with zero attached hydrogens (tertiary/aromatic N) is 2. The van der Waals surface area contributed by atoms with Gasteiger partial charge in [-0.3, -0.25) is 9.59 Å². The first-order chi connectivity index (χ1) is 9.02. The highest BCUT2D eigenvalue weighted by Gasteiger charge is 2.35. The number of aryl methyl sites for hydroxylation is 1. The van der Waals surface area contributed by atoms with Crippen molar-refractivity contribution in [3.63, 3.8) is 0 Å². The van der Waals surface area contributed by atoms with Crippen LogP contribution in [-0.4, -0.2) is 40.5 Å². The Morgan fingerprint density at radius 1 is 1.53 bits per heavy atom. The topological polar surface area (TPSA) is 51.5 Å². The van der Waals surface area contributed by atoms with Crippen molar-refractivity contribution in [1.82, 2.24) is 9.47 Å². The lowest BCUT2D eigenvalue weighted by Crippen LogP contribution is -2.39. The van der Waals surface area contributed by atoms with E-state index in [0.29, 0.717) is 17.3 Å². The van der Waals surface area contributed by atoms with E-state index < -0.39 is 0 Å². The number of rotatable bonds is 5. The molecule has 1 heterocycles. The molecule has 0 spiro atoms. The highest BCUT2D eigenvalue weighted by Crippen LogP contribution is 2.28. The van der Waals surface area contributed by atoms with Crippen molar-refractivity contribution in [3.8, 4) is 0 Å². The molecule has 1 aromatic heterocycles. The fourth-order valence-corrected chi connectivity index (χ4v) is 2.23. The van der Waals surface area contributed by atoms with Crippen LogP contribution in [0.5, 0.6) is 0 Å². The molecule has 0 saturated heterocycles. The van der Waals surface area contributed by atoms with E-state index in [9.17, 15) is 9.59 Å². The molecule has 1 saturated carbocycles. The summed E-state index contributed by atoms with van der Waals surface area (Å²) in [5.41, 5.74) is 0.487. The molecule has 2 rings (SSSR count). The monoisotopic (exact) mass is 284 g/mol. The van der Waals surface area contributed by atoms with Crippen LogP contribution in [0.4, 0.5) is 0 Å². The Morgan fingerprint density at radius 2 is 2.21 bits per heavy atom. The molecule has 0 N–H and O–H groups in total. The highest BCUT2D eigenvalue weighted by atomic mass is 35.5. The molecule has 0 aliphatic heterocycles. The van der Waals surface area contributed by atoms with Gasteiger partial charge in [-0.1, -0.05) is 11.6 Å². The van der Waals surface area contributed by atoms with Gasteiger partial charge < -0.3 is 14.2 Å². The number of hydrogen-bond donors (Lipinski definition) is 0. The first kappa shape index (κ1) is 13.9. The number of amides is 1. The molecule has 5 nitrogen and oxygen atoms in total. The average Bonchev–Trinajstić information content (AvgIpc) is 3.11. The molecule has 0 radical (unpaired) electrons. The fraction of sp³-hybridized carbons (Fsp3) is 0.538. The third kappa shape index (κ3) is 3.29. The normalized spacial score (nSPS) is 14.3. The van der Waals surface area contributed by atoms with Crippen molar-refractivity contribution < 1.29 is 14.3 Å². The van der Waals surface area contributed by atoms with Crippen molar-refractivity contribution in [2.45, 2.75) is 25.8 Å². The number of esters is 1. The number of aromatic nitrogens is 1. The Balaban J connectivity index is 2.13. The summed E-state index contributed by atoms with van der Waals surface area (Å²) in [5, 5.41) is 0.512. The Morgan fingerprint density at radius 3 is 2.68 bits per heavy atom. The van der Waals surface area contributed by atoms with Crippen LogP contribution < -0.4 is 0 Å². The summed E-state index contributed by atoms with van der Waals surface area (Å²) in [6.45, 7) is 2.07. The van der Waals surface area contributed by atoms with Gasteiger partial charge in [-0.05, 0) is 25.8 Å². The molecule has 19 heavy (non-hydrogen) atoms. The maximum atomic E-state index is 12.4. The Labute approximate surface area is 117 Å². The zero-order chi connectivity index (χ0) is 14.0. The lowest BCUT2D eigenvalue weighted by atomic mass is 10.3. The van der Waals surface area contributed by atoms with Gasteiger partial charge >= 0.3 is 5.97 Å². The van der Waals surface area contributed by atoms with E-state index in [1.807, 2.05) is 0 Å². The molecule has 1 aliphatic rings. The van der Waals surface area contributed by atoms with E-state index >= 15 is 0 Å². The molecule has 0 aromatic carbocycles. The van der Waals surface area contributed by atoms with Crippen LogP contribution in [0.2, 0.25) is 5.02 Å². The third-order valence-electron chi connectivity index (χ3n) is 3.04. The highest BCUT2D eigenvalue weighted by molar-refractivity contribution is 6.31. The van der Waals surface area contributed by atoms with Gasteiger partial charge in [0.25, 0.3) is 5.91 Å². The molecule has 0 atom stereocenters. The van der Waals surface area contributed by atoms with Gasteiger partial charge in [0.05, 0.1) is 11.6 Å². The number of carbonyl (C=O) groups is 2. The van der Waals surface area contributed by atoms with Crippen molar-refractivity contribution in [2.75, 3.05) is 13.2 Å². The summed E-state index contributed by atoms with van der Waals surface area (Å²) >= 11 is 5.88. The summed E-state index contributed by atoms with van der Waals surface area (Å²) in [4.78, 5) is 25.6. The van der Waals surface area contributed by atoms with Gasteiger partial charge in [-0.25, -0.2) is 0 Å². The second kappa shape index (κ2) is 5.65. The second-order valence-electron chi connectivity index (χ2n) is 4.62. The van der Waals surface area contributed by atoms with Crippen LogP contribution in [0, 0.1) is 0 Å². The summed E-state index contributed by atoms with van der Waals surface area (Å²) in [6, 6.07) is 1.76. The summed E-state index contributed by atoms with van der Waals surface area (Å²) in [5.74, 6) is -0.548. The predicted octanol–water partition coefficient (Wildman–Crippen LogP) is 1.85. The van der Waals surface area contributed by atoms with Crippen molar-refractivity contribution in [3.05, 3.63) is 23.0 Å². The number of halogens is 1. The summed E-state index contributed by atoms with van der Waals surface area (Å²) in [7, 11) is 1.76. The van der Waals surface area contributed by atoms with E-state index in [1.54, 1.807) is 35.7 Å². The summed E-state index contributed by atoms with van der Waals surface area (Å²) < 4.78 is 6.58. The van der Waals surface area contributed by atoms with Gasteiger partial charge in [0.1, 0.15) is 12.2 Å². The zero-order valence-electron chi connectivity index (χ0n) is 11.1. The van der Waals surface area contributed by atoms with Crippen LogP contribution in [-0.2, 0) is 16.6 Å². The average molecular weight is 285 g/mol. The molecular formula is C13H17ClN2O3. The van der Waals surface area contributed by atoms with E-state index in [1.165, 1.54) is 0 Å². The predicted molar refractivity (Wildman–Crippen MR) is 71.1 cm³/mol. The van der Waals surface area contributed by atoms with E-state index in [0.717, 1.165) is 12.8 Å². The van der Waals surface area contributed by atoms with E-state index in [-0.39, 0.29) is 24.5 Å².